The first kappa shape index (κ1) is 18.6. The van der Waals surface area contributed by atoms with Crippen molar-refractivity contribution in [3.63, 3.8) is 0 Å². The molecule has 0 amide bonds. The highest BCUT2D eigenvalue weighted by Gasteiger charge is 2.29. The molecule has 0 radical (unpaired) electrons. The van der Waals surface area contributed by atoms with Crippen LogP contribution >= 0.6 is 34.2 Å². The summed E-state index contributed by atoms with van der Waals surface area (Å²) in [5, 5.41) is 2.98. The van der Waals surface area contributed by atoms with Crippen LogP contribution in [0.2, 0.25) is 5.02 Å². The van der Waals surface area contributed by atoms with E-state index < -0.39 is 21.8 Å². The Kier molecular flexibility index (Phi) is 5.37. The highest BCUT2D eigenvalue weighted by molar-refractivity contribution is 14.1. The van der Waals surface area contributed by atoms with Gasteiger partial charge in [-0.15, -0.1) is 0 Å². The zero-order valence-corrected chi connectivity index (χ0v) is 16.4. The van der Waals surface area contributed by atoms with Gasteiger partial charge in [0, 0.05) is 16.7 Å². The molecule has 2 aromatic carbocycles. The molecule has 2 N–H and O–H groups in total. The van der Waals surface area contributed by atoms with Crippen molar-refractivity contribution in [2.75, 3.05) is 23.1 Å². The number of benzene rings is 2. The molecule has 0 saturated carbocycles. The number of halogens is 4. The van der Waals surface area contributed by atoms with Gasteiger partial charge < -0.3 is 5.32 Å². The highest BCUT2D eigenvalue weighted by atomic mass is 127. The Labute approximate surface area is 162 Å². The van der Waals surface area contributed by atoms with Crippen LogP contribution in [0.5, 0.6) is 0 Å². The minimum Gasteiger partial charge on any atom is -0.350 e. The molecule has 0 bridgehead atoms. The normalized spacial score (nSPS) is 14.9. The Morgan fingerprint density at radius 1 is 1.12 bits per heavy atom. The fraction of sp³-hybridized carbons (Fsp3) is 0.200. The summed E-state index contributed by atoms with van der Waals surface area (Å²) in [5.41, 5.74) is -0.0939. The summed E-state index contributed by atoms with van der Waals surface area (Å²) < 4.78 is 56.8. The zero-order valence-electron chi connectivity index (χ0n) is 12.7. The summed E-state index contributed by atoms with van der Waals surface area (Å²) in [6.07, 6.45) is 0.766. The minimum atomic E-state index is -3.82. The molecule has 0 spiro atoms. The average Bonchev–Trinajstić information content (AvgIpc) is 2.46. The second-order valence-corrected chi connectivity index (χ2v) is 8.72. The Hall–Kier alpha value is -1.17. The molecule has 1 saturated heterocycles. The third-order valence-electron chi connectivity index (χ3n) is 3.68. The first-order chi connectivity index (χ1) is 11.8. The highest BCUT2D eigenvalue weighted by Crippen LogP contribution is 2.34. The van der Waals surface area contributed by atoms with E-state index in [-0.39, 0.29) is 11.4 Å². The maximum atomic E-state index is 14.3. The van der Waals surface area contributed by atoms with Crippen LogP contribution in [-0.4, -0.2) is 25.8 Å². The van der Waals surface area contributed by atoms with Crippen LogP contribution in [0, 0.1) is 15.2 Å². The first-order valence-electron chi connectivity index (χ1n) is 7.26. The van der Waals surface area contributed by atoms with Crippen molar-refractivity contribution >= 4 is 61.5 Å². The molecule has 134 valence electrons. The van der Waals surface area contributed by atoms with E-state index >= 15 is 0 Å². The molecule has 3 rings (SSSR count). The molecule has 2 aromatic rings. The second kappa shape index (κ2) is 7.22. The van der Waals surface area contributed by atoms with Gasteiger partial charge in [-0.1, -0.05) is 11.6 Å². The number of hydrogen-bond acceptors (Lipinski definition) is 3. The van der Waals surface area contributed by atoms with Gasteiger partial charge in [-0.25, -0.2) is 8.78 Å². The summed E-state index contributed by atoms with van der Waals surface area (Å²) in [6.45, 7) is 0.787. The van der Waals surface area contributed by atoms with Gasteiger partial charge in [-0.05, 0) is 59.3 Å². The van der Waals surface area contributed by atoms with Gasteiger partial charge in [0.1, 0.15) is 5.69 Å². The van der Waals surface area contributed by atoms with Crippen molar-refractivity contribution in [1.82, 2.24) is 4.31 Å². The third kappa shape index (κ3) is 3.99. The predicted octanol–water partition coefficient (Wildman–Crippen LogP) is 4.33. The summed E-state index contributed by atoms with van der Waals surface area (Å²) in [5.74, 6) is -2.30. The Morgan fingerprint density at radius 3 is 2.40 bits per heavy atom. The summed E-state index contributed by atoms with van der Waals surface area (Å²) in [7, 11) is -3.82. The summed E-state index contributed by atoms with van der Waals surface area (Å²) >= 11 is 8.17. The zero-order chi connectivity index (χ0) is 18.2. The maximum absolute atomic E-state index is 14.3. The molecule has 25 heavy (non-hydrogen) atoms. The van der Waals surface area contributed by atoms with E-state index in [0.29, 0.717) is 23.8 Å². The predicted molar refractivity (Wildman–Crippen MR) is 103 cm³/mol. The smallest absolute Gasteiger partial charge is 0.301 e. The van der Waals surface area contributed by atoms with Crippen LogP contribution in [0.4, 0.5) is 25.8 Å². The molecule has 0 aliphatic carbocycles. The average molecular weight is 500 g/mol. The number of rotatable bonds is 5. The standard InChI is InChI=1S/C15H13ClF2IN3O2S/c16-10-8-9(19)2-4-12(10)20-15-13(5-3-11(17)14(15)18)21-25(23,24)22-6-1-7-22/h2-5,8,20-21H,1,6-7H2. The van der Waals surface area contributed by atoms with Crippen LogP contribution in [-0.2, 0) is 10.2 Å². The fourth-order valence-electron chi connectivity index (χ4n) is 2.21. The molecule has 0 unspecified atom stereocenters. The van der Waals surface area contributed by atoms with Crippen LogP contribution < -0.4 is 10.0 Å². The fourth-order valence-corrected chi connectivity index (χ4v) is 4.43. The van der Waals surface area contributed by atoms with E-state index in [1.54, 1.807) is 18.2 Å². The monoisotopic (exact) mass is 499 g/mol. The van der Waals surface area contributed by atoms with Crippen LogP contribution in [0.15, 0.2) is 30.3 Å². The first-order valence-corrected chi connectivity index (χ1v) is 10.2. The molecule has 10 heteroatoms. The third-order valence-corrected chi connectivity index (χ3v) is 6.19. The van der Waals surface area contributed by atoms with Crippen LogP contribution in [0.1, 0.15) is 6.42 Å². The molecule has 1 aliphatic rings. The second-order valence-electron chi connectivity index (χ2n) is 5.39. The molecule has 0 aromatic heterocycles. The van der Waals surface area contributed by atoms with Gasteiger partial charge in [-0.3, -0.25) is 4.72 Å². The van der Waals surface area contributed by atoms with Crippen LogP contribution in [0.25, 0.3) is 0 Å². The van der Waals surface area contributed by atoms with Gasteiger partial charge in [0.2, 0.25) is 0 Å². The number of hydrogen-bond donors (Lipinski definition) is 2. The lowest BCUT2D eigenvalue weighted by molar-refractivity contribution is 0.311. The molecular formula is C15H13ClF2IN3O2S. The summed E-state index contributed by atoms with van der Waals surface area (Å²) in [6, 6.07) is 7.01. The lowest BCUT2D eigenvalue weighted by Crippen LogP contribution is -2.45. The molecule has 1 fully saturated rings. The Morgan fingerprint density at radius 2 is 1.80 bits per heavy atom. The van der Waals surface area contributed by atoms with Crippen molar-refractivity contribution in [1.29, 1.82) is 0 Å². The van der Waals surface area contributed by atoms with Crippen molar-refractivity contribution in [3.8, 4) is 0 Å². The van der Waals surface area contributed by atoms with Gasteiger partial charge >= 0.3 is 10.2 Å². The lowest BCUT2D eigenvalue weighted by atomic mass is 10.2. The van der Waals surface area contributed by atoms with Gasteiger partial charge in [0.25, 0.3) is 0 Å². The largest absolute Gasteiger partial charge is 0.350 e. The van der Waals surface area contributed by atoms with Crippen molar-refractivity contribution in [3.05, 3.63) is 50.6 Å². The van der Waals surface area contributed by atoms with Crippen molar-refractivity contribution < 1.29 is 17.2 Å². The van der Waals surface area contributed by atoms with Crippen molar-refractivity contribution in [2.45, 2.75) is 6.42 Å². The topological polar surface area (TPSA) is 61.4 Å². The van der Waals surface area contributed by atoms with Gasteiger partial charge in [-0.2, -0.15) is 12.7 Å². The quantitative estimate of drug-likeness (QED) is 0.602. The summed E-state index contributed by atoms with van der Waals surface area (Å²) in [4.78, 5) is 0. The van der Waals surface area contributed by atoms with E-state index in [1.807, 2.05) is 0 Å². The molecule has 1 heterocycles. The molecule has 1 aliphatic heterocycles. The molecular weight excluding hydrogens is 487 g/mol. The maximum Gasteiger partial charge on any atom is 0.301 e. The van der Waals surface area contributed by atoms with Gasteiger partial charge in [0.05, 0.1) is 16.4 Å². The van der Waals surface area contributed by atoms with Crippen molar-refractivity contribution in [2.24, 2.45) is 0 Å². The van der Waals surface area contributed by atoms with Gasteiger partial charge in [0.15, 0.2) is 11.6 Å². The number of nitrogens with zero attached hydrogens (tertiary/aromatic N) is 1. The molecule has 0 atom stereocenters. The van der Waals surface area contributed by atoms with E-state index in [2.05, 4.69) is 32.6 Å². The lowest BCUT2D eigenvalue weighted by Gasteiger charge is -2.30. The Bertz CT molecular complexity index is 923. The Balaban J connectivity index is 1.98. The van der Waals surface area contributed by atoms with Crippen LogP contribution in [0.3, 0.4) is 0 Å². The molecule has 5 nitrogen and oxygen atoms in total. The minimum absolute atomic E-state index is 0.0968. The van der Waals surface area contributed by atoms with E-state index in [1.165, 1.54) is 10.4 Å². The van der Waals surface area contributed by atoms with E-state index in [0.717, 1.165) is 16.1 Å². The van der Waals surface area contributed by atoms with E-state index in [9.17, 15) is 17.2 Å². The number of nitrogens with one attached hydrogen (secondary N) is 2. The van der Waals surface area contributed by atoms with E-state index in [4.69, 9.17) is 11.6 Å². The number of anilines is 3. The SMILES string of the molecule is O=S(=O)(Nc1ccc(F)c(F)c1Nc1ccc(I)cc1Cl)N1CCC1.